The largest absolute Gasteiger partial charge is 0.338 e. The van der Waals surface area contributed by atoms with Gasteiger partial charge in [-0.3, -0.25) is 0 Å². The summed E-state index contributed by atoms with van der Waals surface area (Å²) >= 11 is 0. The van der Waals surface area contributed by atoms with E-state index in [1.807, 2.05) is 30.3 Å². The average molecular weight is 262 g/mol. The standard InChI is InChI=1S/C13H11N3O.ClH/c14-8-12-15-13(16-17-12)11-7-3-5-9-4-1-2-6-10(9)11;/h1-7H,8,14H2;1H. The molecule has 1 aromatic heterocycles. The average Bonchev–Trinajstić information content (AvgIpc) is 2.87. The third kappa shape index (κ3) is 2.08. The zero-order chi connectivity index (χ0) is 11.7. The number of rotatable bonds is 2. The Morgan fingerprint density at radius 3 is 2.61 bits per heavy atom. The minimum absolute atomic E-state index is 0. The summed E-state index contributed by atoms with van der Waals surface area (Å²) in [5.41, 5.74) is 6.42. The van der Waals surface area contributed by atoms with Gasteiger partial charge in [0.25, 0.3) is 0 Å². The molecule has 3 rings (SSSR count). The summed E-state index contributed by atoms with van der Waals surface area (Å²) in [6.45, 7) is 0.262. The molecule has 0 aliphatic carbocycles. The predicted octanol–water partition coefficient (Wildman–Crippen LogP) is 2.77. The number of nitrogens with two attached hydrogens (primary N) is 1. The molecule has 3 aromatic rings. The molecule has 0 saturated heterocycles. The van der Waals surface area contributed by atoms with Gasteiger partial charge in [0, 0.05) is 5.56 Å². The van der Waals surface area contributed by atoms with Gasteiger partial charge in [-0.1, -0.05) is 47.6 Å². The van der Waals surface area contributed by atoms with E-state index in [0.717, 1.165) is 16.3 Å². The van der Waals surface area contributed by atoms with Crippen molar-refractivity contribution in [2.24, 2.45) is 5.73 Å². The Labute approximate surface area is 110 Å². The van der Waals surface area contributed by atoms with Crippen LogP contribution in [0, 0.1) is 0 Å². The number of fused-ring (bicyclic) bond motifs is 1. The Balaban J connectivity index is 0.00000120. The molecule has 0 unspecified atom stereocenters. The highest BCUT2D eigenvalue weighted by molar-refractivity contribution is 5.94. The fourth-order valence-electron chi connectivity index (χ4n) is 1.87. The van der Waals surface area contributed by atoms with Crippen LogP contribution >= 0.6 is 12.4 Å². The summed E-state index contributed by atoms with van der Waals surface area (Å²) < 4.78 is 5.03. The van der Waals surface area contributed by atoms with E-state index in [9.17, 15) is 0 Å². The molecule has 0 radical (unpaired) electrons. The Hall–Kier alpha value is -1.91. The molecule has 2 aromatic carbocycles. The second-order valence-electron chi connectivity index (χ2n) is 3.74. The Morgan fingerprint density at radius 1 is 1.06 bits per heavy atom. The van der Waals surface area contributed by atoms with Crippen molar-refractivity contribution >= 4 is 23.2 Å². The minimum atomic E-state index is 0. The molecule has 0 aliphatic heterocycles. The SMILES string of the molecule is Cl.NCc1nc(-c2cccc3ccccc23)no1. The van der Waals surface area contributed by atoms with Crippen molar-refractivity contribution in [1.29, 1.82) is 0 Å². The molecule has 5 heteroatoms. The van der Waals surface area contributed by atoms with Gasteiger partial charge in [-0.25, -0.2) is 0 Å². The van der Waals surface area contributed by atoms with Crippen LogP contribution in [0.15, 0.2) is 47.0 Å². The van der Waals surface area contributed by atoms with E-state index < -0.39 is 0 Å². The molecule has 1 heterocycles. The molecular formula is C13H12ClN3O. The summed E-state index contributed by atoms with van der Waals surface area (Å²) in [4.78, 5) is 4.25. The highest BCUT2D eigenvalue weighted by Crippen LogP contribution is 2.26. The molecule has 0 aliphatic rings. The van der Waals surface area contributed by atoms with Crippen LogP contribution < -0.4 is 5.73 Å². The monoisotopic (exact) mass is 261 g/mol. The first-order valence-corrected chi connectivity index (χ1v) is 5.39. The van der Waals surface area contributed by atoms with Gasteiger partial charge in [0.1, 0.15) is 0 Å². The van der Waals surface area contributed by atoms with E-state index in [2.05, 4.69) is 22.3 Å². The maximum atomic E-state index is 5.46. The van der Waals surface area contributed by atoms with E-state index in [1.165, 1.54) is 0 Å². The molecule has 0 spiro atoms. The summed E-state index contributed by atoms with van der Waals surface area (Å²) in [5.74, 6) is 1.04. The van der Waals surface area contributed by atoms with Crippen LogP contribution in [0.4, 0.5) is 0 Å². The molecule has 0 atom stereocenters. The Kier molecular flexibility index (Phi) is 3.60. The third-order valence-corrected chi connectivity index (χ3v) is 2.67. The van der Waals surface area contributed by atoms with Crippen LogP contribution in [0.5, 0.6) is 0 Å². The zero-order valence-electron chi connectivity index (χ0n) is 9.54. The van der Waals surface area contributed by atoms with Crippen LogP contribution in [-0.2, 0) is 6.54 Å². The van der Waals surface area contributed by atoms with Crippen LogP contribution in [0.2, 0.25) is 0 Å². The number of halogens is 1. The molecule has 2 N–H and O–H groups in total. The number of benzene rings is 2. The molecule has 0 fully saturated rings. The highest BCUT2D eigenvalue weighted by atomic mass is 35.5. The molecular weight excluding hydrogens is 250 g/mol. The van der Waals surface area contributed by atoms with E-state index in [4.69, 9.17) is 10.3 Å². The van der Waals surface area contributed by atoms with Gasteiger partial charge >= 0.3 is 0 Å². The van der Waals surface area contributed by atoms with Crippen molar-refractivity contribution in [3.63, 3.8) is 0 Å². The van der Waals surface area contributed by atoms with E-state index in [-0.39, 0.29) is 19.0 Å². The van der Waals surface area contributed by atoms with Crippen molar-refractivity contribution in [3.05, 3.63) is 48.4 Å². The number of hydrogen-bond donors (Lipinski definition) is 1. The first-order valence-electron chi connectivity index (χ1n) is 5.39. The maximum absolute atomic E-state index is 5.46. The zero-order valence-corrected chi connectivity index (χ0v) is 10.4. The van der Waals surface area contributed by atoms with Gasteiger partial charge in [0.05, 0.1) is 6.54 Å². The first kappa shape index (κ1) is 12.5. The molecule has 4 nitrogen and oxygen atoms in total. The maximum Gasteiger partial charge on any atom is 0.240 e. The molecule has 0 bridgehead atoms. The van der Waals surface area contributed by atoms with Gasteiger partial charge in [-0.05, 0) is 10.8 Å². The summed E-state index contributed by atoms with van der Waals surface area (Å²) in [5, 5.41) is 6.21. The van der Waals surface area contributed by atoms with Gasteiger partial charge in [-0.15, -0.1) is 12.4 Å². The minimum Gasteiger partial charge on any atom is -0.338 e. The van der Waals surface area contributed by atoms with Gasteiger partial charge in [0.15, 0.2) is 0 Å². The lowest BCUT2D eigenvalue weighted by Crippen LogP contribution is -1.95. The normalized spacial score (nSPS) is 10.3. The lowest BCUT2D eigenvalue weighted by atomic mass is 10.0. The van der Waals surface area contributed by atoms with Gasteiger partial charge in [-0.2, -0.15) is 4.98 Å². The predicted molar refractivity (Wildman–Crippen MR) is 72.4 cm³/mol. The van der Waals surface area contributed by atoms with Crippen molar-refractivity contribution in [2.45, 2.75) is 6.54 Å². The topological polar surface area (TPSA) is 64.9 Å². The summed E-state index contributed by atoms with van der Waals surface area (Å²) in [6.07, 6.45) is 0. The fraction of sp³-hybridized carbons (Fsp3) is 0.0769. The van der Waals surface area contributed by atoms with Crippen LogP contribution in [0.25, 0.3) is 22.2 Å². The van der Waals surface area contributed by atoms with Crippen LogP contribution in [0.3, 0.4) is 0 Å². The van der Waals surface area contributed by atoms with Gasteiger partial charge in [0.2, 0.25) is 11.7 Å². The lowest BCUT2D eigenvalue weighted by molar-refractivity contribution is 0.380. The van der Waals surface area contributed by atoms with Crippen molar-refractivity contribution in [1.82, 2.24) is 10.1 Å². The summed E-state index contributed by atoms with van der Waals surface area (Å²) in [6, 6.07) is 14.1. The number of hydrogen-bond acceptors (Lipinski definition) is 4. The quantitative estimate of drug-likeness (QED) is 0.770. The molecule has 0 saturated carbocycles. The molecule has 18 heavy (non-hydrogen) atoms. The Morgan fingerprint density at radius 2 is 1.83 bits per heavy atom. The molecule has 92 valence electrons. The fourth-order valence-corrected chi connectivity index (χ4v) is 1.87. The van der Waals surface area contributed by atoms with Crippen LogP contribution in [0.1, 0.15) is 5.89 Å². The van der Waals surface area contributed by atoms with Crippen LogP contribution in [-0.4, -0.2) is 10.1 Å². The molecule has 0 amide bonds. The Bertz CT molecular complexity index is 661. The van der Waals surface area contributed by atoms with Gasteiger partial charge < -0.3 is 10.3 Å². The lowest BCUT2D eigenvalue weighted by Gasteiger charge is -2.01. The highest BCUT2D eigenvalue weighted by Gasteiger charge is 2.09. The van der Waals surface area contributed by atoms with Crippen molar-refractivity contribution in [3.8, 4) is 11.4 Å². The van der Waals surface area contributed by atoms with E-state index in [1.54, 1.807) is 0 Å². The third-order valence-electron chi connectivity index (χ3n) is 2.67. The second kappa shape index (κ2) is 5.16. The van der Waals surface area contributed by atoms with E-state index >= 15 is 0 Å². The number of aromatic nitrogens is 2. The number of nitrogens with zero attached hydrogens (tertiary/aromatic N) is 2. The summed E-state index contributed by atoms with van der Waals surface area (Å²) in [7, 11) is 0. The first-order chi connectivity index (χ1) is 8.38. The van der Waals surface area contributed by atoms with E-state index in [0.29, 0.717) is 11.7 Å². The smallest absolute Gasteiger partial charge is 0.240 e. The van der Waals surface area contributed by atoms with Crippen molar-refractivity contribution in [2.75, 3.05) is 0 Å². The second-order valence-corrected chi connectivity index (χ2v) is 3.74. The van der Waals surface area contributed by atoms with Crippen molar-refractivity contribution < 1.29 is 4.52 Å².